The van der Waals surface area contributed by atoms with E-state index in [1.54, 1.807) is 12.1 Å². The number of alkyl halides is 6. The van der Waals surface area contributed by atoms with Gasteiger partial charge in [0.2, 0.25) is 0 Å². The third-order valence-corrected chi connectivity index (χ3v) is 6.56. The molecule has 14 heteroatoms. The summed E-state index contributed by atoms with van der Waals surface area (Å²) in [4.78, 5) is 11.1. The first-order valence-electron chi connectivity index (χ1n) is 8.63. The lowest BCUT2D eigenvalue weighted by Gasteiger charge is -2.15. The van der Waals surface area contributed by atoms with Crippen molar-refractivity contribution in [1.29, 1.82) is 0 Å². The number of sulfonamides is 1. The minimum absolute atomic E-state index is 0.0790. The van der Waals surface area contributed by atoms with E-state index in [0.717, 1.165) is 17.4 Å². The van der Waals surface area contributed by atoms with Crippen molar-refractivity contribution in [1.82, 2.24) is 0 Å². The van der Waals surface area contributed by atoms with Gasteiger partial charge in [-0.1, -0.05) is 17.7 Å². The maximum absolute atomic E-state index is 13.1. The molecule has 0 spiro atoms. The smallest absolute Gasteiger partial charge is 0.321 e. The van der Waals surface area contributed by atoms with Crippen molar-refractivity contribution in [3.63, 3.8) is 0 Å². The molecule has 0 saturated heterocycles. The zero-order valence-corrected chi connectivity index (χ0v) is 18.3. The Labute approximate surface area is 192 Å². The van der Waals surface area contributed by atoms with Gasteiger partial charge in [0.05, 0.1) is 21.7 Å². The highest BCUT2D eigenvalue weighted by atomic mass is 35.5. The number of amides is 1. The number of hydrogen-bond acceptors (Lipinski definition) is 4. The summed E-state index contributed by atoms with van der Waals surface area (Å²) < 4.78 is 106. The summed E-state index contributed by atoms with van der Waals surface area (Å²) in [6, 6.07) is 7.13. The van der Waals surface area contributed by atoms with Gasteiger partial charge in [0.15, 0.2) is 0 Å². The van der Waals surface area contributed by atoms with Gasteiger partial charge in [0, 0.05) is 10.7 Å². The van der Waals surface area contributed by atoms with Gasteiger partial charge in [-0.25, -0.2) is 8.42 Å². The first-order chi connectivity index (χ1) is 15.2. The van der Waals surface area contributed by atoms with Crippen molar-refractivity contribution in [2.45, 2.75) is 17.2 Å². The molecule has 1 aromatic heterocycles. The van der Waals surface area contributed by atoms with Crippen molar-refractivity contribution in [2.75, 3.05) is 10.0 Å². The van der Waals surface area contributed by atoms with Crippen molar-refractivity contribution < 1.29 is 39.6 Å². The lowest BCUT2D eigenvalue weighted by molar-refractivity contribution is -0.143. The second-order valence-corrected chi connectivity index (χ2v) is 9.51. The lowest BCUT2D eigenvalue weighted by Crippen LogP contribution is -2.19. The van der Waals surface area contributed by atoms with Crippen LogP contribution in [0.5, 0.6) is 0 Å². The van der Waals surface area contributed by atoms with Crippen LogP contribution in [-0.4, -0.2) is 14.3 Å². The standard InChI is InChI=1S/C19H11ClF6N2O3S2/c20-12-2-1-3-13(9-12)27-17(29)16-15(4-5-32-16)28-33(30,31)14-7-10(18(21,22)23)6-11(8-14)19(24,25)26/h1-9,28H,(H,27,29). The molecule has 0 atom stereocenters. The number of benzene rings is 2. The van der Waals surface area contributed by atoms with E-state index in [-0.39, 0.29) is 34.5 Å². The molecule has 1 heterocycles. The number of carbonyl (C=O) groups is 1. The van der Waals surface area contributed by atoms with E-state index in [1.165, 1.54) is 17.5 Å². The molecular weight excluding hydrogens is 518 g/mol. The van der Waals surface area contributed by atoms with Gasteiger partial charge < -0.3 is 5.32 Å². The number of rotatable bonds is 5. The van der Waals surface area contributed by atoms with Crippen molar-refractivity contribution in [2.24, 2.45) is 0 Å². The fourth-order valence-electron chi connectivity index (χ4n) is 2.60. The van der Waals surface area contributed by atoms with Crippen LogP contribution in [0.1, 0.15) is 20.8 Å². The molecule has 0 saturated carbocycles. The number of halogens is 7. The van der Waals surface area contributed by atoms with Crippen LogP contribution in [0, 0.1) is 0 Å². The summed E-state index contributed by atoms with van der Waals surface area (Å²) in [6.45, 7) is 0. The highest BCUT2D eigenvalue weighted by molar-refractivity contribution is 7.92. The van der Waals surface area contributed by atoms with Gasteiger partial charge in [-0.2, -0.15) is 26.3 Å². The Kier molecular flexibility index (Phi) is 6.69. The number of anilines is 2. The number of carbonyl (C=O) groups excluding carboxylic acids is 1. The van der Waals surface area contributed by atoms with E-state index >= 15 is 0 Å². The zero-order chi connectivity index (χ0) is 24.6. The largest absolute Gasteiger partial charge is 0.416 e. The molecule has 2 aromatic carbocycles. The summed E-state index contributed by atoms with van der Waals surface area (Å²) in [5, 5.41) is 4.09. The van der Waals surface area contributed by atoms with Crippen LogP contribution >= 0.6 is 22.9 Å². The summed E-state index contributed by atoms with van der Waals surface area (Å²) in [5.41, 5.74) is -3.63. The third-order valence-electron chi connectivity index (χ3n) is 4.07. The van der Waals surface area contributed by atoms with Crippen LogP contribution in [0.3, 0.4) is 0 Å². The Morgan fingerprint density at radius 3 is 2.06 bits per heavy atom. The molecule has 0 radical (unpaired) electrons. The molecule has 0 unspecified atom stereocenters. The van der Waals surface area contributed by atoms with E-state index in [2.05, 4.69) is 5.32 Å². The van der Waals surface area contributed by atoms with Crippen molar-refractivity contribution >= 4 is 50.2 Å². The van der Waals surface area contributed by atoms with Crippen LogP contribution in [0.2, 0.25) is 5.02 Å². The van der Waals surface area contributed by atoms with E-state index in [0.29, 0.717) is 5.02 Å². The molecule has 0 aliphatic rings. The normalized spacial score (nSPS) is 12.5. The third kappa shape index (κ3) is 5.97. The van der Waals surface area contributed by atoms with Gasteiger partial charge in [-0.3, -0.25) is 9.52 Å². The number of thiophene rings is 1. The molecule has 33 heavy (non-hydrogen) atoms. The minimum Gasteiger partial charge on any atom is -0.321 e. The molecule has 3 aromatic rings. The topological polar surface area (TPSA) is 75.3 Å². The molecule has 0 fully saturated rings. The Bertz CT molecular complexity index is 1270. The summed E-state index contributed by atoms with van der Waals surface area (Å²) in [6.07, 6.45) is -10.5. The SMILES string of the molecule is O=C(Nc1cccc(Cl)c1)c1sccc1NS(=O)(=O)c1cc(C(F)(F)F)cc(C(F)(F)F)c1. The molecular formula is C19H11ClF6N2O3S2. The van der Waals surface area contributed by atoms with E-state index < -0.39 is 44.3 Å². The second-order valence-electron chi connectivity index (χ2n) is 6.47. The molecule has 0 aliphatic carbocycles. The van der Waals surface area contributed by atoms with Crippen LogP contribution in [0.25, 0.3) is 0 Å². The van der Waals surface area contributed by atoms with Gasteiger partial charge in [-0.05, 0) is 47.8 Å². The highest BCUT2D eigenvalue weighted by Crippen LogP contribution is 2.38. The summed E-state index contributed by atoms with van der Waals surface area (Å²) >= 11 is 6.63. The monoisotopic (exact) mass is 528 g/mol. The molecule has 5 nitrogen and oxygen atoms in total. The van der Waals surface area contributed by atoms with Gasteiger partial charge in [-0.15, -0.1) is 11.3 Å². The Balaban J connectivity index is 1.95. The summed E-state index contributed by atoms with van der Waals surface area (Å²) in [7, 11) is -4.93. The Morgan fingerprint density at radius 1 is 0.909 bits per heavy atom. The quantitative estimate of drug-likeness (QED) is 0.372. The molecule has 2 N–H and O–H groups in total. The van der Waals surface area contributed by atoms with Crippen molar-refractivity contribution in [3.05, 3.63) is 74.9 Å². The molecule has 0 aliphatic heterocycles. The molecule has 1 amide bonds. The minimum atomic E-state index is -5.23. The predicted molar refractivity (Wildman–Crippen MR) is 111 cm³/mol. The highest BCUT2D eigenvalue weighted by Gasteiger charge is 2.38. The van der Waals surface area contributed by atoms with Crippen LogP contribution < -0.4 is 10.0 Å². The van der Waals surface area contributed by atoms with Crippen LogP contribution in [0.15, 0.2) is 58.8 Å². The summed E-state index contributed by atoms with van der Waals surface area (Å²) in [5.74, 6) is -0.773. The fraction of sp³-hybridized carbons (Fsp3) is 0.105. The fourth-order valence-corrected chi connectivity index (χ4v) is 4.75. The lowest BCUT2D eigenvalue weighted by atomic mass is 10.1. The zero-order valence-electron chi connectivity index (χ0n) is 15.9. The molecule has 176 valence electrons. The number of nitrogens with one attached hydrogen (secondary N) is 2. The second kappa shape index (κ2) is 8.88. The molecule has 3 rings (SSSR count). The average Bonchev–Trinajstić information content (AvgIpc) is 3.14. The maximum atomic E-state index is 13.1. The van der Waals surface area contributed by atoms with E-state index in [9.17, 15) is 39.6 Å². The van der Waals surface area contributed by atoms with Gasteiger partial charge in [0.1, 0.15) is 4.88 Å². The predicted octanol–water partition coefficient (Wildman–Crippen LogP) is 6.49. The van der Waals surface area contributed by atoms with E-state index in [4.69, 9.17) is 11.6 Å². The van der Waals surface area contributed by atoms with Gasteiger partial charge in [0.25, 0.3) is 15.9 Å². The maximum Gasteiger partial charge on any atom is 0.416 e. The average molecular weight is 529 g/mol. The van der Waals surface area contributed by atoms with Gasteiger partial charge >= 0.3 is 12.4 Å². The Morgan fingerprint density at radius 2 is 1.52 bits per heavy atom. The first kappa shape index (κ1) is 24.9. The Hall–Kier alpha value is -2.77. The molecule has 0 bridgehead atoms. The van der Waals surface area contributed by atoms with Crippen LogP contribution in [0.4, 0.5) is 37.7 Å². The van der Waals surface area contributed by atoms with E-state index in [1.807, 2.05) is 4.72 Å². The van der Waals surface area contributed by atoms with Crippen molar-refractivity contribution in [3.8, 4) is 0 Å². The number of hydrogen-bond donors (Lipinski definition) is 2. The van der Waals surface area contributed by atoms with Crippen LogP contribution in [-0.2, 0) is 22.4 Å². The first-order valence-corrected chi connectivity index (χ1v) is 11.4.